The van der Waals surface area contributed by atoms with Crippen LogP contribution >= 0.6 is 0 Å². The summed E-state index contributed by atoms with van der Waals surface area (Å²) in [6.45, 7) is 4.36. The van der Waals surface area contributed by atoms with Crippen molar-refractivity contribution in [2.75, 3.05) is 39.3 Å². The maximum Gasteiger partial charge on any atom is 0.240 e. The fraction of sp³-hybridized carbons (Fsp3) is 0.533. The van der Waals surface area contributed by atoms with Gasteiger partial charge in [-0.05, 0) is 24.3 Å². The Hall–Kier alpha value is -1.50. The van der Waals surface area contributed by atoms with Crippen LogP contribution in [-0.2, 0) is 14.8 Å². The first kappa shape index (κ1) is 16.4. The van der Waals surface area contributed by atoms with Gasteiger partial charge < -0.3 is 10.1 Å². The number of benzene rings is 1. The number of nitrogens with one attached hydrogen (secondary N) is 2. The molecule has 2 saturated heterocycles. The van der Waals surface area contributed by atoms with Gasteiger partial charge in [0.15, 0.2) is 0 Å². The van der Waals surface area contributed by atoms with E-state index in [1.54, 1.807) is 0 Å². The number of ether oxygens (including phenoxy) is 1. The summed E-state index contributed by atoms with van der Waals surface area (Å²) in [6.07, 6.45) is 0.385. The number of sulfonamides is 1. The second-order valence-electron chi connectivity index (χ2n) is 5.83. The summed E-state index contributed by atoms with van der Waals surface area (Å²) >= 11 is 0. The summed E-state index contributed by atoms with van der Waals surface area (Å²) in [5, 5.41) is 12.1. The largest absolute Gasteiger partial charge is 0.370 e. The average Bonchev–Trinajstić information content (AvgIpc) is 2.54. The van der Waals surface area contributed by atoms with Crippen LogP contribution in [0.25, 0.3) is 0 Å². The SMILES string of the molecule is N#Cc1ccc(S(=O)(=O)NCCN2CC3CNCC(C2)O3)cc1. The Labute approximate surface area is 136 Å². The Bertz CT molecular complexity index is 672. The van der Waals surface area contributed by atoms with Gasteiger partial charge in [0, 0.05) is 39.3 Å². The molecule has 2 atom stereocenters. The molecule has 2 unspecified atom stereocenters. The molecular weight excluding hydrogens is 316 g/mol. The van der Waals surface area contributed by atoms with Crippen molar-refractivity contribution in [3.05, 3.63) is 29.8 Å². The van der Waals surface area contributed by atoms with Crippen LogP contribution in [0.4, 0.5) is 0 Å². The van der Waals surface area contributed by atoms with E-state index in [1.807, 2.05) is 6.07 Å². The van der Waals surface area contributed by atoms with Crippen LogP contribution in [0.2, 0.25) is 0 Å². The van der Waals surface area contributed by atoms with Gasteiger partial charge in [0.05, 0.1) is 28.7 Å². The average molecular weight is 336 g/mol. The topological polar surface area (TPSA) is 94.5 Å². The van der Waals surface area contributed by atoms with Crippen LogP contribution in [0.15, 0.2) is 29.2 Å². The number of nitriles is 1. The number of hydrogen-bond acceptors (Lipinski definition) is 6. The first-order valence-corrected chi connectivity index (χ1v) is 9.13. The van der Waals surface area contributed by atoms with Crippen LogP contribution in [0.3, 0.4) is 0 Å². The lowest BCUT2D eigenvalue weighted by molar-refractivity contribution is -0.102. The smallest absolute Gasteiger partial charge is 0.240 e. The van der Waals surface area contributed by atoms with Gasteiger partial charge >= 0.3 is 0 Å². The van der Waals surface area contributed by atoms with Crippen molar-refractivity contribution in [2.24, 2.45) is 0 Å². The van der Waals surface area contributed by atoms with Crippen molar-refractivity contribution >= 4 is 10.0 Å². The third-order valence-corrected chi connectivity index (χ3v) is 5.54. The second kappa shape index (κ2) is 6.95. The van der Waals surface area contributed by atoms with E-state index >= 15 is 0 Å². The highest BCUT2D eigenvalue weighted by Gasteiger charge is 2.30. The van der Waals surface area contributed by atoms with Crippen LogP contribution in [0.1, 0.15) is 5.56 Å². The monoisotopic (exact) mass is 336 g/mol. The normalized spacial score (nSPS) is 25.0. The highest BCUT2D eigenvalue weighted by Crippen LogP contribution is 2.14. The van der Waals surface area contributed by atoms with Gasteiger partial charge in [-0.1, -0.05) is 0 Å². The predicted molar refractivity (Wildman–Crippen MR) is 84.3 cm³/mol. The third-order valence-electron chi connectivity index (χ3n) is 4.07. The highest BCUT2D eigenvalue weighted by molar-refractivity contribution is 7.89. The zero-order chi connectivity index (χ0) is 16.3. The lowest BCUT2D eigenvalue weighted by atomic mass is 10.1. The molecule has 2 aliphatic heterocycles. The van der Waals surface area contributed by atoms with Crippen molar-refractivity contribution in [1.82, 2.24) is 14.9 Å². The maximum absolute atomic E-state index is 12.2. The zero-order valence-electron chi connectivity index (χ0n) is 12.7. The molecule has 2 fully saturated rings. The van der Waals surface area contributed by atoms with Crippen molar-refractivity contribution < 1.29 is 13.2 Å². The van der Waals surface area contributed by atoms with Crippen molar-refractivity contribution in [3.8, 4) is 6.07 Å². The van der Waals surface area contributed by atoms with Gasteiger partial charge in [0.1, 0.15) is 0 Å². The molecule has 0 amide bonds. The highest BCUT2D eigenvalue weighted by atomic mass is 32.2. The van der Waals surface area contributed by atoms with Crippen molar-refractivity contribution in [2.45, 2.75) is 17.1 Å². The van der Waals surface area contributed by atoms with E-state index in [2.05, 4.69) is 14.9 Å². The summed E-state index contributed by atoms with van der Waals surface area (Å²) in [5.41, 5.74) is 0.442. The van der Waals surface area contributed by atoms with E-state index in [0.29, 0.717) is 18.7 Å². The van der Waals surface area contributed by atoms with E-state index in [0.717, 1.165) is 26.2 Å². The van der Waals surface area contributed by atoms with Crippen LogP contribution in [-0.4, -0.2) is 64.8 Å². The minimum Gasteiger partial charge on any atom is -0.370 e. The molecule has 124 valence electrons. The first-order valence-electron chi connectivity index (χ1n) is 7.65. The number of rotatable bonds is 5. The summed E-state index contributed by atoms with van der Waals surface area (Å²) in [4.78, 5) is 2.42. The molecule has 0 spiro atoms. The Morgan fingerprint density at radius 3 is 2.52 bits per heavy atom. The van der Waals surface area contributed by atoms with Crippen molar-refractivity contribution in [1.29, 1.82) is 5.26 Å². The van der Waals surface area contributed by atoms with E-state index in [4.69, 9.17) is 10.00 Å². The predicted octanol–water partition coefficient (Wildman–Crippen LogP) is -0.491. The molecule has 8 heteroatoms. The summed E-state index contributed by atoms with van der Waals surface area (Å²) < 4.78 is 32.9. The molecule has 2 N–H and O–H groups in total. The minimum absolute atomic E-state index is 0.180. The van der Waals surface area contributed by atoms with E-state index in [1.165, 1.54) is 24.3 Å². The second-order valence-corrected chi connectivity index (χ2v) is 7.60. The summed E-state index contributed by atoms with van der Waals surface area (Å²) in [7, 11) is -3.53. The number of morpholine rings is 2. The third kappa shape index (κ3) is 4.07. The van der Waals surface area contributed by atoms with E-state index < -0.39 is 10.0 Å². The molecule has 3 rings (SSSR count). The van der Waals surface area contributed by atoms with Crippen LogP contribution < -0.4 is 10.0 Å². The van der Waals surface area contributed by atoms with Gasteiger partial charge in [-0.2, -0.15) is 5.26 Å². The Morgan fingerprint density at radius 2 is 1.91 bits per heavy atom. The molecule has 2 bridgehead atoms. The molecule has 0 aliphatic carbocycles. The van der Waals surface area contributed by atoms with E-state index in [-0.39, 0.29) is 17.1 Å². The fourth-order valence-corrected chi connectivity index (χ4v) is 3.97. The molecule has 0 aromatic heterocycles. The molecule has 1 aromatic rings. The van der Waals surface area contributed by atoms with Gasteiger partial charge in [0.2, 0.25) is 10.0 Å². The van der Waals surface area contributed by atoms with Gasteiger partial charge in [-0.3, -0.25) is 4.90 Å². The Balaban J connectivity index is 1.52. The van der Waals surface area contributed by atoms with Gasteiger partial charge in [-0.15, -0.1) is 0 Å². The molecule has 0 saturated carbocycles. The maximum atomic E-state index is 12.2. The Kier molecular flexibility index (Phi) is 4.94. The zero-order valence-corrected chi connectivity index (χ0v) is 13.6. The molecule has 0 radical (unpaired) electrons. The summed E-state index contributed by atoms with van der Waals surface area (Å²) in [6, 6.07) is 7.88. The number of fused-ring (bicyclic) bond motifs is 2. The first-order chi connectivity index (χ1) is 11.1. The molecule has 2 aliphatic rings. The lowest BCUT2D eigenvalue weighted by Crippen LogP contribution is -2.59. The van der Waals surface area contributed by atoms with E-state index in [9.17, 15) is 8.42 Å². The van der Waals surface area contributed by atoms with Gasteiger partial charge in [-0.25, -0.2) is 13.1 Å². The van der Waals surface area contributed by atoms with Crippen LogP contribution in [0, 0.1) is 11.3 Å². The van der Waals surface area contributed by atoms with Crippen LogP contribution in [0.5, 0.6) is 0 Å². The number of hydrogen-bond donors (Lipinski definition) is 2. The standard InChI is InChI=1S/C15H20N4O3S/c16-7-12-1-3-15(4-2-12)23(20,21)18-5-6-19-10-13-8-17-9-14(11-19)22-13/h1-4,13-14,17-18H,5-6,8-11H2. The molecule has 2 heterocycles. The lowest BCUT2D eigenvalue weighted by Gasteiger charge is -2.41. The number of nitrogens with zero attached hydrogens (tertiary/aromatic N) is 2. The quantitative estimate of drug-likeness (QED) is 0.753. The summed E-state index contributed by atoms with van der Waals surface area (Å²) in [5.74, 6) is 0. The van der Waals surface area contributed by atoms with Crippen molar-refractivity contribution in [3.63, 3.8) is 0 Å². The molecular formula is C15H20N4O3S. The molecule has 1 aromatic carbocycles. The molecule has 7 nitrogen and oxygen atoms in total. The molecule has 23 heavy (non-hydrogen) atoms. The fourth-order valence-electron chi connectivity index (χ4n) is 2.95. The van der Waals surface area contributed by atoms with Gasteiger partial charge in [0.25, 0.3) is 0 Å². The Morgan fingerprint density at radius 1 is 1.26 bits per heavy atom. The minimum atomic E-state index is -3.53.